The Labute approximate surface area is 226 Å². The zero-order valence-electron chi connectivity index (χ0n) is 21.2. The SMILES string of the molecule is C=CCN(CC=C)S(=O)(=O)c1ccc(C(=O)N(Cc2ccccn2)c2nc3c(OC)ccc(C)c3s2)cc1. The first-order valence-electron chi connectivity index (χ1n) is 11.8. The van der Waals surface area contributed by atoms with Gasteiger partial charge in [0.15, 0.2) is 5.13 Å². The number of sulfonamides is 1. The van der Waals surface area contributed by atoms with Crippen LogP contribution in [-0.4, -0.2) is 48.8 Å². The molecule has 38 heavy (non-hydrogen) atoms. The first-order chi connectivity index (χ1) is 18.3. The van der Waals surface area contributed by atoms with Gasteiger partial charge in [-0.3, -0.25) is 14.7 Å². The Hall–Kier alpha value is -3.86. The van der Waals surface area contributed by atoms with Crippen molar-refractivity contribution in [1.82, 2.24) is 14.3 Å². The average molecular weight is 549 g/mol. The van der Waals surface area contributed by atoms with Crippen LogP contribution in [0.4, 0.5) is 5.13 Å². The molecular weight excluding hydrogens is 520 g/mol. The minimum atomic E-state index is -3.79. The molecule has 0 aliphatic heterocycles. The molecule has 0 aliphatic carbocycles. The summed E-state index contributed by atoms with van der Waals surface area (Å²) in [6, 6.07) is 15.2. The van der Waals surface area contributed by atoms with Gasteiger partial charge in [-0.05, 0) is 55.0 Å². The summed E-state index contributed by atoms with van der Waals surface area (Å²) in [5, 5.41) is 0.489. The van der Waals surface area contributed by atoms with Crippen LogP contribution in [0.25, 0.3) is 10.2 Å². The van der Waals surface area contributed by atoms with Gasteiger partial charge in [0.25, 0.3) is 5.91 Å². The number of amides is 1. The molecule has 0 spiro atoms. The van der Waals surface area contributed by atoms with E-state index in [0.717, 1.165) is 10.3 Å². The van der Waals surface area contributed by atoms with E-state index in [1.807, 2.05) is 37.3 Å². The Bertz CT molecular complexity index is 1560. The number of pyridine rings is 1. The summed E-state index contributed by atoms with van der Waals surface area (Å²) in [7, 11) is -2.20. The van der Waals surface area contributed by atoms with E-state index < -0.39 is 10.0 Å². The Morgan fingerprint density at radius 2 is 1.76 bits per heavy atom. The van der Waals surface area contributed by atoms with E-state index >= 15 is 0 Å². The van der Waals surface area contributed by atoms with Crippen LogP contribution in [0.15, 0.2) is 91.0 Å². The van der Waals surface area contributed by atoms with Crippen molar-refractivity contribution in [2.75, 3.05) is 25.1 Å². The summed E-state index contributed by atoms with van der Waals surface area (Å²) in [6.45, 7) is 9.73. The molecule has 0 saturated carbocycles. The number of fused-ring (bicyclic) bond motifs is 1. The van der Waals surface area contributed by atoms with Crippen molar-refractivity contribution in [3.63, 3.8) is 0 Å². The molecule has 8 nitrogen and oxygen atoms in total. The van der Waals surface area contributed by atoms with Gasteiger partial charge in [-0.1, -0.05) is 35.6 Å². The lowest BCUT2D eigenvalue weighted by Gasteiger charge is -2.21. The minimum absolute atomic E-state index is 0.0781. The Balaban J connectivity index is 1.73. The second-order valence-corrected chi connectivity index (χ2v) is 11.3. The second-order valence-electron chi connectivity index (χ2n) is 8.40. The molecule has 2 aromatic carbocycles. The Kier molecular flexibility index (Phi) is 8.35. The molecule has 196 valence electrons. The highest BCUT2D eigenvalue weighted by Gasteiger charge is 2.26. The summed E-state index contributed by atoms with van der Waals surface area (Å²) in [4.78, 5) is 24.6. The Morgan fingerprint density at radius 1 is 1.05 bits per heavy atom. The third kappa shape index (κ3) is 5.52. The number of benzene rings is 2. The number of thiazole rings is 1. The number of rotatable bonds is 11. The molecular formula is C28H28N4O4S2. The highest BCUT2D eigenvalue weighted by molar-refractivity contribution is 7.89. The van der Waals surface area contributed by atoms with Crippen LogP contribution in [0.3, 0.4) is 0 Å². The van der Waals surface area contributed by atoms with E-state index in [1.165, 1.54) is 52.1 Å². The molecule has 10 heteroatoms. The fourth-order valence-electron chi connectivity index (χ4n) is 3.89. The van der Waals surface area contributed by atoms with Gasteiger partial charge >= 0.3 is 0 Å². The van der Waals surface area contributed by atoms with Crippen LogP contribution < -0.4 is 9.64 Å². The van der Waals surface area contributed by atoms with E-state index in [2.05, 4.69) is 18.1 Å². The fraction of sp³-hybridized carbons (Fsp3) is 0.179. The molecule has 4 rings (SSSR count). The standard InChI is InChI=1S/C28H28N4O4S2/c1-5-17-31(18-6-2)38(34,35)23-13-11-21(12-14-23)27(33)32(19-22-9-7-8-16-29-22)28-30-25-24(36-4)15-10-20(3)26(25)37-28/h5-16H,1-2,17-19H2,3-4H3. The van der Waals surface area contributed by atoms with Gasteiger partial charge in [0.05, 0.1) is 28.9 Å². The molecule has 0 aliphatic rings. The van der Waals surface area contributed by atoms with Crippen molar-refractivity contribution in [1.29, 1.82) is 0 Å². The van der Waals surface area contributed by atoms with E-state index in [1.54, 1.807) is 18.2 Å². The van der Waals surface area contributed by atoms with Gasteiger partial charge in [-0.15, -0.1) is 13.2 Å². The molecule has 0 radical (unpaired) electrons. The van der Waals surface area contributed by atoms with Crippen LogP contribution in [0.2, 0.25) is 0 Å². The van der Waals surface area contributed by atoms with Gasteiger partial charge in [0.2, 0.25) is 10.0 Å². The van der Waals surface area contributed by atoms with Crippen LogP contribution in [0.1, 0.15) is 21.6 Å². The van der Waals surface area contributed by atoms with Gasteiger partial charge in [-0.25, -0.2) is 13.4 Å². The smallest absolute Gasteiger partial charge is 0.260 e. The maximum Gasteiger partial charge on any atom is 0.260 e. The molecule has 0 fully saturated rings. The molecule has 0 saturated heterocycles. The lowest BCUT2D eigenvalue weighted by molar-refractivity contribution is 0.0984. The summed E-state index contributed by atoms with van der Waals surface area (Å²) in [5.41, 5.74) is 2.71. The van der Waals surface area contributed by atoms with Gasteiger partial charge in [0.1, 0.15) is 11.3 Å². The third-order valence-electron chi connectivity index (χ3n) is 5.84. The first kappa shape index (κ1) is 27.2. The van der Waals surface area contributed by atoms with E-state index in [-0.39, 0.29) is 30.4 Å². The average Bonchev–Trinajstić information content (AvgIpc) is 3.38. The van der Waals surface area contributed by atoms with Gasteiger partial charge in [0, 0.05) is 24.8 Å². The molecule has 4 aromatic rings. The number of aromatic nitrogens is 2. The van der Waals surface area contributed by atoms with Crippen molar-refractivity contribution in [2.24, 2.45) is 0 Å². The lowest BCUT2D eigenvalue weighted by Crippen LogP contribution is -2.32. The van der Waals surface area contributed by atoms with Crippen LogP contribution in [0.5, 0.6) is 5.75 Å². The predicted molar refractivity (Wildman–Crippen MR) is 151 cm³/mol. The van der Waals surface area contributed by atoms with E-state index in [0.29, 0.717) is 27.7 Å². The van der Waals surface area contributed by atoms with Crippen molar-refractivity contribution in [3.8, 4) is 5.75 Å². The molecule has 2 heterocycles. The number of carbonyl (C=O) groups is 1. The normalized spacial score (nSPS) is 11.4. The molecule has 1 amide bonds. The maximum absolute atomic E-state index is 13.8. The van der Waals surface area contributed by atoms with Crippen molar-refractivity contribution < 1.29 is 17.9 Å². The summed E-state index contributed by atoms with van der Waals surface area (Å²) in [6.07, 6.45) is 4.70. The minimum Gasteiger partial charge on any atom is -0.494 e. The highest BCUT2D eigenvalue weighted by atomic mass is 32.2. The van der Waals surface area contributed by atoms with Crippen molar-refractivity contribution in [2.45, 2.75) is 18.4 Å². The number of methoxy groups -OCH3 is 1. The number of aryl methyl sites for hydroxylation is 1. The summed E-state index contributed by atoms with van der Waals surface area (Å²) >= 11 is 1.39. The molecule has 0 unspecified atom stereocenters. The first-order valence-corrected chi connectivity index (χ1v) is 14.0. The Morgan fingerprint density at radius 3 is 2.37 bits per heavy atom. The second kappa shape index (κ2) is 11.7. The van der Waals surface area contributed by atoms with Crippen LogP contribution in [0, 0.1) is 6.92 Å². The zero-order chi connectivity index (χ0) is 27.3. The lowest BCUT2D eigenvalue weighted by atomic mass is 10.2. The van der Waals surface area contributed by atoms with Crippen LogP contribution >= 0.6 is 11.3 Å². The van der Waals surface area contributed by atoms with Gasteiger partial charge < -0.3 is 4.74 Å². The van der Waals surface area contributed by atoms with Crippen molar-refractivity contribution in [3.05, 3.63) is 103 Å². The number of hydrogen-bond donors (Lipinski definition) is 0. The topological polar surface area (TPSA) is 92.7 Å². The summed E-state index contributed by atoms with van der Waals surface area (Å²) in [5.74, 6) is 0.292. The quantitative estimate of drug-likeness (QED) is 0.239. The molecule has 0 N–H and O–H groups in total. The monoisotopic (exact) mass is 548 g/mol. The third-order valence-corrected chi connectivity index (χ3v) is 8.90. The summed E-state index contributed by atoms with van der Waals surface area (Å²) < 4.78 is 33.8. The fourth-order valence-corrected chi connectivity index (χ4v) is 6.32. The predicted octanol–water partition coefficient (Wildman–Crippen LogP) is 5.22. The van der Waals surface area contributed by atoms with E-state index in [9.17, 15) is 13.2 Å². The highest BCUT2D eigenvalue weighted by Crippen LogP contribution is 2.37. The molecule has 2 aromatic heterocycles. The molecule has 0 atom stereocenters. The maximum atomic E-state index is 13.8. The van der Waals surface area contributed by atoms with E-state index in [4.69, 9.17) is 9.72 Å². The molecule has 0 bridgehead atoms. The van der Waals surface area contributed by atoms with Crippen molar-refractivity contribution >= 4 is 42.6 Å². The number of anilines is 1. The number of hydrogen-bond acceptors (Lipinski definition) is 7. The van der Waals surface area contributed by atoms with Crippen LogP contribution in [-0.2, 0) is 16.6 Å². The number of nitrogens with zero attached hydrogens (tertiary/aromatic N) is 4. The van der Waals surface area contributed by atoms with Gasteiger partial charge in [-0.2, -0.15) is 4.31 Å². The zero-order valence-corrected chi connectivity index (χ0v) is 22.8. The largest absolute Gasteiger partial charge is 0.494 e. The number of ether oxygens (including phenoxy) is 1. The number of carbonyl (C=O) groups excluding carboxylic acids is 1.